The van der Waals surface area contributed by atoms with Crippen molar-refractivity contribution in [1.82, 2.24) is 9.88 Å². The van der Waals surface area contributed by atoms with Crippen molar-refractivity contribution >= 4 is 28.8 Å². The molecule has 0 bridgehead atoms. The zero-order chi connectivity index (χ0) is 15.4. The zero-order valence-electron chi connectivity index (χ0n) is 11.7. The number of hydrogen-bond acceptors (Lipinski definition) is 4. The maximum Gasteiger partial charge on any atom is 0.307 e. The quantitative estimate of drug-likeness (QED) is 0.891. The van der Waals surface area contributed by atoms with Crippen molar-refractivity contribution in [3.63, 3.8) is 0 Å². The SMILES string of the molecule is CNC(=O)c1cccc(NC(=O)Cn2c(C)csc2=O)c1. The smallest absolute Gasteiger partial charge is 0.307 e. The monoisotopic (exact) mass is 305 g/mol. The minimum absolute atomic E-state index is 0.0433. The predicted octanol–water partition coefficient (Wildman–Crippen LogP) is 1.22. The van der Waals surface area contributed by atoms with Crippen molar-refractivity contribution in [2.24, 2.45) is 0 Å². The second-order valence-corrected chi connectivity index (χ2v) is 5.26. The van der Waals surface area contributed by atoms with Crippen LogP contribution < -0.4 is 15.5 Å². The average molecular weight is 305 g/mol. The highest BCUT2D eigenvalue weighted by molar-refractivity contribution is 7.07. The van der Waals surface area contributed by atoms with Gasteiger partial charge in [0.25, 0.3) is 5.91 Å². The number of thiazole rings is 1. The number of aryl methyl sites for hydroxylation is 1. The molecule has 2 rings (SSSR count). The third kappa shape index (κ3) is 3.57. The van der Waals surface area contributed by atoms with Crippen LogP contribution in [0.25, 0.3) is 0 Å². The van der Waals surface area contributed by atoms with Crippen LogP contribution in [0.15, 0.2) is 34.4 Å². The number of rotatable bonds is 4. The molecule has 7 heteroatoms. The summed E-state index contributed by atoms with van der Waals surface area (Å²) in [6.45, 7) is 1.73. The standard InChI is InChI=1S/C14H15N3O3S/c1-9-8-21-14(20)17(9)7-12(18)16-11-5-3-4-10(6-11)13(19)15-2/h3-6,8H,7H2,1-2H3,(H,15,19)(H,16,18). The lowest BCUT2D eigenvalue weighted by molar-refractivity contribution is -0.116. The number of amides is 2. The largest absolute Gasteiger partial charge is 0.355 e. The van der Waals surface area contributed by atoms with E-state index in [0.29, 0.717) is 11.3 Å². The van der Waals surface area contributed by atoms with Crippen molar-refractivity contribution in [2.75, 3.05) is 12.4 Å². The third-order valence-electron chi connectivity index (χ3n) is 2.91. The first-order chi connectivity index (χ1) is 10.0. The van der Waals surface area contributed by atoms with Crippen LogP contribution in [-0.2, 0) is 11.3 Å². The Bertz CT molecular complexity index is 733. The molecule has 2 N–H and O–H groups in total. The molecule has 0 saturated carbocycles. The number of carbonyl (C=O) groups is 2. The molecule has 1 heterocycles. The molecule has 0 fully saturated rings. The topological polar surface area (TPSA) is 80.2 Å². The summed E-state index contributed by atoms with van der Waals surface area (Å²) in [5.41, 5.74) is 1.72. The molecule has 0 unspecified atom stereocenters. The Morgan fingerprint density at radius 1 is 1.33 bits per heavy atom. The predicted molar refractivity (Wildman–Crippen MR) is 81.8 cm³/mol. The first-order valence-electron chi connectivity index (χ1n) is 6.28. The Kier molecular flexibility index (Phi) is 4.54. The van der Waals surface area contributed by atoms with Gasteiger partial charge in [-0.25, -0.2) is 0 Å². The van der Waals surface area contributed by atoms with E-state index in [2.05, 4.69) is 10.6 Å². The number of nitrogens with zero attached hydrogens (tertiary/aromatic N) is 1. The molecule has 0 aliphatic heterocycles. The van der Waals surface area contributed by atoms with Gasteiger partial charge >= 0.3 is 4.87 Å². The number of anilines is 1. The van der Waals surface area contributed by atoms with Gasteiger partial charge in [-0.15, -0.1) is 0 Å². The highest BCUT2D eigenvalue weighted by atomic mass is 32.1. The Morgan fingerprint density at radius 2 is 2.10 bits per heavy atom. The third-order valence-corrected chi connectivity index (χ3v) is 3.79. The van der Waals surface area contributed by atoms with Gasteiger partial charge in [-0.1, -0.05) is 17.4 Å². The van der Waals surface area contributed by atoms with Crippen LogP contribution >= 0.6 is 11.3 Å². The summed E-state index contributed by atoms with van der Waals surface area (Å²) < 4.78 is 1.41. The average Bonchev–Trinajstić information content (AvgIpc) is 2.78. The summed E-state index contributed by atoms with van der Waals surface area (Å²) >= 11 is 1.06. The van der Waals surface area contributed by atoms with Gasteiger partial charge in [-0.05, 0) is 25.1 Å². The molecule has 1 aromatic heterocycles. The maximum absolute atomic E-state index is 12.0. The van der Waals surface area contributed by atoms with E-state index in [1.807, 2.05) is 0 Å². The second kappa shape index (κ2) is 6.36. The molecule has 110 valence electrons. The van der Waals surface area contributed by atoms with Gasteiger partial charge in [0.05, 0.1) is 0 Å². The molecule has 0 saturated heterocycles. The van der Waals surface area contributed by atoms with E-state index >= 15 is 0 Å². The van der Waals surface area contributed by atoms with Crippen molar-refractivity contribution in [3.8, 4) is 0 Å². The summed E-state index contributed by atoms with van der Waals surface area (Å²) in [7, 11) is 1.54. The van der Waals surface area contributed by atoms with Gasteiger partial charge in [0, 0.05) is 29.4 Å². The fourth-order valence-corrected chi connectivity index (χ4v) is 2.56. The number of nitrogens with one attached hydrogen (secondary N) is 2. The Balaban J connectivity index is 2.10. The summed E-state index contributed by atoms with van der Waals surface area (Å²) in [5.74, 6) is -0.538. The highest BCUT2D eigenvalue weighted by Gasteiger charge is 2.10. The lowest BCUT2D eigenvalue weighted by Gasteiger charge is -2.08. The molecule has 0 atom stereocenters. The van der Waals surface area contributed by atoms with Crippen molar-refractivity contribution in [1.29, 1.82) is 0 Å². The minimum Gasteiger partial charge on any atom is -0.355 e. The van der Waals surface area contributed by atoms with E-state index in [-0.39, 0.29) is 23.2 Å². The van der Waals surface area contributed by atoms with E-state index in [1.165, 1.54) is 4.57 Å². The van der Waals surface area contributed by atoms with Crippen LogP contribution in [0.3, 0.4) is 0 Å². The van der Waals surface area contributed by atoms with E-state index in [1.54, 1.807) is 43.6 Å². The molecule has 0 spiro atoms. The molecule has 0 aliphatic rings. The van der Waals surface area contributed by atoms with E-state index in [0.717, 1.165) is 17.0 Å². The summed E-state index contributed by atoms with van der Waals surface area (Å²) in [6.07, 6.45) is 0. The van der Waals surface area contributed by atoms with Gasteiger partial charge in [0.15, 0.2) is 0 Å². The fourth-order valence-electron chi connectivity index (χ4n) is 1.82. The van der Waals surface area contributed by atoms with Crippen molar-refractivity contribution in [2.45, 2.75) is 13.5 Å². The van der Waals surface area contributed by atoms with Crippen molar-refractivity contribution in [3.05, 3.63) is 50.6 Å². The molecular formula is C14H15N3O3S. The van der Waals surface area contributed by atoms with E-state index < -0.39 is 0 Å². The van der Waals surface area contributed by atoms with Gasteiger partial charge in [0.1, 0.15) is 6.54 Å². The van der Waals surface area contributed by atoms with E-state index in [9.17, 15) is 14.4 Å². The van der Waals surface area contributed by atoms with Crippen molar-refractivity contribution < 1.29 is 9.59 Å². The fraction of sp³-hybridized carbons (Fsp3) is 0.214. The summed E-state index contributed by atoms with van der Waals surface area (Å²) in [6, 6.07) is 6.61. The first kappa shape index (κ1) is 15.0. The molecule has 2 amide bonds. The molecule has 0 aliphatic carbocycles. The molecule has 1 aromatic carbocycles. The second-order valence-electron chi connectivity index (χ2n) is 4.44. The highest BCUT2D eigenvalue weighted by Crippen LogP contribution is 2.11. The van der Waals surface area contributed by atoms with Crippen LogP contribution in [0, 0.1) is 6.92 Å². The summed E-state index contributed by atoms with van der Waals surface area (Å²) in [5, 5.41) is 6.91. The number of hydrogen-bond donors (Lipinski definition) is 2. The van der Waals surface area contributed by atoms with Gasteiger partial charge < -0.3 is 10.6 Å². The number of carbonyl (C=O) groups excluding carboxylic acids is 2. The number of benzene rings is 1. The van der Waals surface area contributed by atoms with Crippen LogP contribution in [-0.4, -0.2) is 23.4 Å². The Hall–Kier alpha value is -2.41. The molecular weight excluding hydrogens is 290 g/mol. The Morgan fingerprint density at radius 3 is 2.71 bits per heavy atom. The van der Waals surface area contributed by atoms with Gasteiger partial charge in [-0.3, -0.25) is 19.0 Å². The molecule has 2 aromatic rings. The van der Waals surface area contributed by atoms with Crippen LogP contribution in [0.1, 0.15) is 16.1 Å². The van der Waals surface area contributed by atoms with Gasteiger partial charge in [0.2, 0.25) is 5.91 Å². The normalized spacial score (nSPS) is 10.2. The first-order valence-corrected chi connectivity index (χ1v) is 7.16. The van der Waals surface area contributed by atoms with E-state index in [4.69, 9.17) is 0 Å². The zero-order valence-corrected chi connectivity index (χ0v) is 12.5. The Labute approximate surface area is 125 Å². The van der Waals surface area contributed by atoms with Gasteiger partial charge in [-0.2, -0.15) is 0 Å². The minimum atomic E-state index is -0.312. The summed E-state index contributed by atoms with van der Waals surface area (Å²) in [4.78, 5) is 34.9. The lowest BCUT2D eigenvalue weighted by atomic mass is 10.2. The van der Waals surface area contributed by atoms with Crippen LogP contribution in [0.5, 0.6) is 0 Å². The number of aromatic nitrogens is 1. The molecule has 21 heavy (non-hydrogen) atoms. The van der Waals surface area contributed by atoms with Crippen LogP contribution in [0.2, 0.25) is 0 Å². The molecule has 0 radical (unpaired) electrons. The maximum atomic E-state index is 12.0. The van der Waals surface area contributed by atoms with Crippen LogP contribution in [0.4, 0.5) is 5.69 Å². The molecule has 6 nitrogen and oxygen atoms in total. The lowest BCUT2D eigenvalue weighted by Crippen LogP contribution is -2.25.